The zero-order chi connectivity index (χ0) is 28.2. The molecule has 1 saturated carbocycles. The van der Waals surface area contributed by atoms with E-state index in [1.54, 1.807) is 30.6 Å². The first-order chi connectivity index (χ1) is 19.2. The lowest BCUT2D eigenvalue weighted by Crippen LogP contribution is -2.57. The van der Waals surface area contributed by atoms with E-state index in [1.165, 1.54) is 23.1 Å². The predicted octanol–water partition coefficient (Wildman–Crippen LogP) is 4.10. The Hall–Kier alpha value is -3.30. The number of carbonyl (C=O) groups excluding carboxylic acids is 3. The highest BCUT2D eigenvalue weighted by molar-refractivity contribution is 6.31. The summed E-state index contributed by atoms with van der Waals surface area (Å²) in [4.78, 5) is 47.5. The predicted molar refractivity (Wildman–Crippen MR) is 146 cm³/mol. The van der Waals surface area contributed by atoms with Crippen LogP contribution in [0.15, 0.2) is 54.9 Å². The molecule has 8 atom stereocenters. The highest BCUT2D eigenvalue weighted by Gasteiger charge is 2.72. The first kappa shape index (κ1) is 26.9. The molecule has 8 nitrogen and oxygen atoms in total. The number of hydrogen-bond acceptors (Lipinski definition) is 5. The second-order valence-corrected chi connectivity index (χ2v) is 11.9. The molecule has 0 radical (unpaired) electrons. The molecule has 2 bridgehead atoms. The van der Waals surface area contributed by atoms with Gasteiger partial charge in [-0.05, 0) is 48.1 Å². The number of fused-ring (bicyclic) bond motifs is 1. The van der Waals surface area contributed by atoms with Crippen molar-refractivity contribution in [2.24, 2.45) is 23.7 Å². The molecule has 10 heteroatoms. The van der Waals surface area contributed by atoms with Crippen LogP contribution in [0.2, 0.25) is 5.02 Å². The molecule has 1 aromatic heterocycles. The summed E-state index contributed by atoms with van der Waals surface area (Å²) in [5.74, 6) is -2.63. The molecule has 3 fully saturated rings. The molecular weight excluding hydrogens is 535 g/mol. The third-order valence-electron chi connectivity index (χ3n) is 9.22. The molecule has 2 saturated heterocycles. The van der Waals surface area contributed by atoms with Crippen LogP contribution in [-0.4, -0.2) is 51.4 Å². The average molecular weight is 567 g/mol. The largest absolute Gasteiger partial charge is 0.359 e. The van der Waals surface area contributed by atoms with E-state index >= 15 is 0 Å². The number of anilines is 1. The molecule has 210 valence electrons. The third kappa shape index (κ3) is 4.39. The van der Waals surface area contributed by atoms with E-state index in [2.05, 4.69) is 29.5 Å². The molecule has 1 aliphatic carbocycles. The molecular formula is C30H32ClFN4O4. The van der Waals surface area contributed by atoms with Gasteiger partial charge in [-0.15, -0.1) is 0 Å². The topological polar surface area (TPSA) is 101 Å². The monoisotopic (exact) mass is 566 g/mol. The molecule has 6 rings (SSSR count). The number of pyridine rings is 1. The maximum absolute atomic E-state index is 14.1. The Bertz CT molecular complexity index is 1370. The van der Waals surface area contributed by atoms with Gasteiger partial charge in [0.25, 0.3) is 0 Å². The first-order valence-electron chi connectivity index (χ1n) is 13.8. The van der Waals surface area contributed by atoms with Crippen molar-refractivity contribution in [2.45, 2.75) is 63.4 Å². The molecule has 2 aromatic rings. The molecule has 3 amide bonds. The van der Waals surface area contributed by atoms with Gasteiger partial charge in [0, 0.05) is 30.7 Å². The van der Waals surface area contributed by atoms with Gasteiger partial charge >= 0.3 is 0 Å². The number of ether oxygens (including phenoxy) is 1. The number of nitrogens with zero attached hydrogens (tertiary/aromatic N) is 2. The maximum atomic E-state index is 14.1. The van der Waals surface area contributed by atoms with Gasteiger partial charge < -0.3 is 20.3 Å². The normalized spacial score (nSPS) is 34.1. The van der Waals surface area contributed by atoms with Gasteiger partial charge in [-0.3, -0.25) is 19.4 Å². The van der Waals surface area contributed by atoms with Crippen LogP contribution in [0.1, 0.15) is 38.7 Å². The van der Waals surface area contributed by atoms with Crippen molar-refractivity contribution in [2.75, 3.05) is 5.32 Å². The number of rotatable bonds is 6. The summed E-state index contributed by atoms with van der Waals surface area (Å²) in [6.07, 6.45) is 9.23. The summed E-state index contributed by atoms with van der Waals surface area (Å²) in [5.41, 5.74) is -0.199. The fourth-order valence-electron chi connectivity index (χ4n) is 6.97. The Kier molecular flexibility index (Phi) is 6.91. The lowest BCUT2D eigenvalue weighted by atomic mass is 9.73. The van der Waals surface area contributed by atoms with Gasteiger partial charge in [-0.25, -0.2) is 4.39 Å². The molecule has 1 aromatic carbocycles. The van der Waals surface area contributed by atoms with Crippen molar-refractivity contribution in [3.63, 3.8) is 0 Å². The zero-order valence-electron chi connectivity index (χ0n) is 22.3. The minimum Gasteiger partial charge on any atom is -0.359 e. The van der Waals surface area contributed by atoms with Crippen LogP contribution in [0.25, 0.3) is 0 Å². The van der Waals surface area contributed by atoms with Crippen LogP contribution in [0.4, 0.5) is 10.1 Å². The molecule has 1 spiro atoms. The van der Waals surface area contributed by atoms with Crippen molar-refractivity contribution in [1.29, 1.82) is 0 Å². The third-order valence-corrected chi connectivity index (χ3v) is 9.51. The molecule has 3 aliphatic heterocycles. The SMILES string of the molecule is CC1CCCC(NC(=O)C2N(Cc3cccnc3)C(=O)[C@H]3C(C(=O)Nc4ccc(F)c(Cl)c4)[C@H]4C=CC23O4)C1C. The summed E-state index contributed by atoms with van der Waals surface area (Å²) in [7, 11) is 0. The standard InChI is InChI=1S/C30H32ClFN4O4/c1-16-5-3-7-22(17(16)2)35-28(38)26-30-11-10-23(40-30)24(27(37)34-19-8-9-21(32)20(31)13-19)25(30)29(39)36(26)15-18-6-4-12-33-14-18/h4,6,8-14,16-17,22-26H,3,5,7,15H2,1-2H3,(H,34,37)(H,35,38)/t16?,17?,22?,23-,24?,25-,26?,30?/m1/s1. The number of carbonyl (C=O) groups is 3. The maximum Gasteiger partial charge on any atom is 0.246 e. The Balaban J connectivity index is 1.32. The van der Waals surface area contributed by atoms with Gasteiger partial charge in [0.1, 0.15) is 17.5 Å². The molecule has 4 heterocycles. The number of halogens is 2. The van der Waals surface area contributed by atoms with E-state index in [0.717, 1.165) is 24.8 Å². The lowest BCUT2D eigenvalue weighted by Gasteiger charge is -2.38. The Morgan fingerprint density at radius 2 is 2.05 bits per heavy atom. The van der Waals surface area contributed by atoms with Crippen molar-refractivity contribution in [3.05, 3.63) is 71.3 Å². The molecule has 2 N–H and O–H groups in total. The summed E-state index contributed by atoms with van der Waals surface area (Å²) >= 11 is 5.91. The van der Waals surface area contributed by atoms with Crippen molar-refractivity contribution < 1.29 is 23.5 Å². The summed E-state index contributed by atoms with van der Waals surface area (Å²) < 4.78 is 20.1. The van der Waals surface area contributed by atoms with E-state index in [-0.39, 0.29) is 29.4 Å². The summed E-state index contributed by atoms with van der Waals surface area (Å²) in [5, 5.41) is 5.89. The molecule has 6 unspecified atom stereocenters. The molecule has 40 heavy (non-hydrogen) atoms. The van der Waals surface area contributed by atoms with E-state index in [0.29, 0.717) is 17.5 Å². The summed E-state index contributed by atoms with van der Waals surface area (Å²) in [6, 6.07) is 6.57. The van der Waals surface area contributed by atoms with E-state index in [9.17, 15) is 18.8 Å². The Morgan fingerprint density at radius 3 is 2.80 bits per heavy atom. The second kappa shape index (κ2) is 10.3. The van der Waals surface area contributed by atoms with Gasteiger partial charge in [0.2, 0.25) is 17.7 Å². The quantitative estimate of drug-likeness (QED) is 0.513. The zero-order valence-corrected chi connectivity index (χ0v) is 23.1. The Labute approximate surface area is 237 Å². The van der Waals surface area contributed by atoms with Crippen molar-refractivity contribution in [3.8, 4) is 0 Å². The number of hydrogen-bond donors (Lipinski definition) is 2. The van der Waals surface area contributed by atoms with Gasteiger partial charge in [-0.1, -0.05) is 56.5 Å². The van der Waals surface area contributed by atoms with E-state index in [4.69, 9.17) is 16.3 Å². The highest BCUT2D eigenvalue weighted by Crippen LogP contribution is 2.55. The highest BCUT2D eigenvalue weighted by atomic mass is 35.5. The van der Waals surface area contributed by atoms with Crippen LogP contribution < -0.4 is 10.6 Å². The second-order valence-electron chi connectivity index (χ2n) is 11.5. The lowest BCUT2D eigenvalue weighted by molar-refractivity contribution is -0.142. The minimum absolute atomic E-state index is 0.00746. The number of amides is 3. The van der Waals surface area contributed by atoms with Crippen LogP contribution in [0, 0.1) is 29.5 Å². The van der Waals surface area contributed by atoms with Gasteiger partial charge in [0.05, 0.1) is 23.0 Å². The summed E-state index contributed by atoms with van der Waals surface area (Å²) in [6.45, 7) is 4.51. The van der Waals surface area contributed by atoms with Gasteiger partial charge in [0.15, 0.2) is 0 Å². The number of benzene rings is 1. The van der Waals surface area contributed by atoms with Crippen LogP contribution in [-0.2, 0) is 25.7 Å². The van der Waals surface area contributed by atoms with Crippen molar-refractivity contribution in [1.82, 2.24) is 15.2 Å². The first-order valence-corrected chi connectivity index (χ1v) is 14.2. The van der Waals surface area contributed by atoms with Crippen molar-refractivity contribution >= 4 is 35.0 Å². The molecule has 4 aliphatic rings. The Morgan fingerprint density at radius 1 is 1.23 bits per heavy atom. The number of nitrogens with one attached hydrogen (secondary N) is 2. The van der Waals surface area contributed by atoms with E-state index < -0.39 is 41.3 Å². The number of aromatic nitrogens is 1. The van der Waals surface area contributed by atoms with Crippen LogP contribution in [0.3, 0.4) is 0 Å². The average Bonchev–Trinajstić information content (AvgIpc) is 3.57. The van der Waals surface area contributed by atoms with Gasteiger partial charge in [-0.2, -0.15) is 0 Å². The number of likely N-dealkylation sites (tertiary alicyclic amines) is 1. The fourth-order valence-corrected chi connectivity index (χ4v) is 7.15. The van der Waals surface area contributed by atoms with Crippen LogP contribution >= 0.6 is 11.6 Å². The van der Waals surface area contributed by atoms with Crippen LogP contribution in [0.5, 0.6) is 0 Å². The smallest absolute Gasteiger partial charge is 0.246 e. The van der Waals surface area contributed by atoms with E-state index in [1.807, 2.05) is 6.07 Å². The fraction of sp³-hybridized carbons (Fsp3) is 0.467. The minimum atomic E-state index is -1.28.